The molecule has 0 amide bonds. The maximum atomic E-state index is 2.38. The summed E-state index contributed by atoms with van der Waals surface area (Å²) in [5.41, 5.74) is 0. The first-order chi connectivity index (χ1) is 11.3. The first kappa shape index (κ1) is 26.9. The summed E-state index contributed by atoms with van der Waals surface area (Å²) in [6.07, 6.45) is 28.1. The Morgan fingerprint density at radius 1 is 0.417 bits per heavy atom. The van der Waals surface area contributed by atoms with Gasteiger partial charge in [-0.2, -0.15) is 0 Å². The van der Waals surface area contributed by atoms with E-state index in [1.165, 1.54) is 115 Å². The van der Waals surface area contributed by atoms with E-state index in [4.69, 9.17) is 0 Å². The van der Waals surface area contributed by atoms with Crippen molar-refractivity contribution in [3.8, 4) is 0 Å². The number of hydrogen-bond acceptors (Lipinski definition) is 0. The van der Waals surface area contributed by atoms with Gasteiger partial charge in [0.1, 0.15) is 0 Å². The number of halogens is 1. The lowest BCUT2D eigenvalue weighted by molar-refractivity contribution is 0.531. The first-order valence-electron chi connectivity index (χ1n) is 11.1. The van der Waals surface area contributed by atoms with E-state index in [0.717, 1.165) is 0 Å². The molecule has 0 N–H and O–H groups in total. The van der Waals surface area contributed by atoms with Crippen molar-refractivity contribution < 1.29 is 0 Å². The molecule has 0 aromatic rings. The van der Waals surface area contributed by atoms with E-state index in [9.17, 15) is 0 Å². The van der Waals surface area contributed by atoms with Crippen molar-refractivity contribution in [2.24, 2.45) is 0 Å². The topological polar surface area (TPSA) is 0 Å². The van der Waals surface area contributed by atoms with Crippen LogP contribution >= 0.6 is 20.3 Å². The van der Waals surface area contributed by atoms with Gasteiger partial charge in [-0.1, -0.05) is 117 Å². The van der Waals surface area contributed by atoms with Crippen molar-refractivity contribution >= 4 is 20.3 Å². The first-order valence-corrected chi connectivity index (χ1v) is 13.0. The van der Waals surface area contributed by atoms with E-state index in [1.807, 2.05) is 0 Å². The second kappa shape index (κ2) is 23.7. The van der Waals surface area contributed by atoms with Crippen LogP contribution in [0.3, 0.4) is 0 Å². The van der Waals surface area contributed by atoms with Gasteiger partial charge in [-0.3, -0.25) is 0 Å². The summed E-state index contributed by atoms with van der Waals surface area (Å²) in [4.78, 5) is 0. The molecule has 24 heavy (non-hydrogen) atoms. The van der Waals surface area contributed by atoms with Crippen LogP contribution in [0.25, 0.3) is 0 Å². The maximum absolute atomic E-state index is 2.38. The van der Waals surface area contributed by atoms with Gasteiger partial charge >= 0.3 is 0 Å². The molecule has 0 nitrogen and oxygen atoms in total. The Kier molecular flexibility index (Phi) is 26.6. The van der Waals surface area contributed by atoms with E-state index < -0.39 is 0 Å². The van der Waals surface area contributed by atoms with Crippen molar-refractivity contribution in [1.29, 1.82) is 0 Å². The Bertz CT molecular complexity index is 204. The maximum Gasteiger partial charge on any atom is -0.0326 e. The van der Waals surface area contributed by atoms with Gasteiger partial charge in [-0.25, -0.2) is 0 Å². The van der Waals surface area contributed by atoms with Crippen LogP contribution in [0.15, 0.2) is 0 Å². The van der Waals surface area contributed by atoms with Gasteiger partial charge in [-0.05, 0) is 24.9 Å². The highest BCUT2D eigenvalue weighted by atomic mass is 35.5. The van der Waals surface area contributed by atoms with Crippen LogP contribution in [-0.2, 0) is 0 Å². The highest BCUT2D eigenvalue weighted by Crippen LogP contribution is 2.35. The third-order valence-corrected chi connectivity index (χ3v) is 7.96. The summed E-state index contributed by atoms with van der Waals surface area (Å²) in [6.45, 7) is 7.05. The fraction of sp³-hybridized carbons (Fsp3) is 1.00. The molecule has 0 unspecified atom stereocenters. The predicted octanol–water partition coefficient (Wildman–Crippen LogP) is 9.19. The smallest absolute Gasteiger partial charge is 0.0326 e. The molecule has 148 valence electrons. The van der Waals surface area contributed by atoms with Gasteiger partial charge < -0.3 is 0 Å². The minimum atomic E-state index is 0. The third kappa shape index (κ3) is 20.8. The van der Waals surface area contributed by atoms with E-state index >= 15 is 0 Å². The minimum absolute atomic E-state index is 0. The van der Waals surface area contributed by atoms with Crippen LogP contribution in [0.4, 0.5) is 0 Å². The second-order valence-electron chi connectivity index (χ2n) is 7.33. The van der Waals surface area contributed by atoms with Gasteiger partial charge in [0.05, 0.1) is 0 Å². The van der Waals surface area contributed by atoms with Crippen molar-refractivity contribution in [2.75, 3.05) is 18.5 Å². The quantitative estimate of drug-likeness (QED) is 0.155. The molecule has 0 aromatic carbocycles. The molecule has 0 radical (unpaired) electrons. The van der Waals surface area contributed by atoms with Crippen LogP contribution in [0.1, 0.15) is 124 Å². The van der Waals surface area contributed by atoms with Gasteiger partial charge in [-0.15, -0.1) is 20.3 Å². The normalized spacial score (nSPS) is 11.0. The zero-order chi connectivity index (χ0) is 17.0. The van der Waals surface area contributed by atoms with E-state index in [0.29, 0.717) is 7.92 Å². The Labute approximate surface area is 162 Å². The summed E-state index contributed by atoms with van der Waals surface area (Å²) in [5, 5.41) is 0. The van der Waals surface area contributed by atoms with Crippen LogP contribution in [0.5, 0.6) is 0 Å². The predicted molar refractivity (Wildman–Crippen MR) is 120 cm³/mol. The highest BCUT2D eigenvalue weighted by Gasteiger charge is 2.01. The standard InChI is InChI=1S/C22H47P.ClH/c1-4-7-8-9-10-11-12-13-14-15-16-17-18-19-20-21-22-23(5-2)6-3;/h4-22H2,1-3H3;1H. The van der Waals surface area contributed by atoms with E-state index in [-0.39, 0.29) is 12.4 Å². The number of hydrogen-bond donors (Lipinski definition) is 0. The van der Waals surface area contributed by atoms with Gasteiger partial charge in [0.25, 0.3) is 0 Å². The summed E-state index contributed by atoms with van der Waals surface area (Å²) < 4.78 is 0. The van der Waals surface area contributed by atoms with Crippen LogP contribution < -0.4 is 0 Å². The van der Waals surface area contributed by atoms with Gasteiger partial charge in [0.2, 0.25) is 0 Å². The number of rotatable bonds is 19. The molecule has 0 saturated carbocycles. The highest BCUT2D eigenvalue weighted by molar-refractivity contribution is 7.57. The molecular weight excluding hydrogens is 331 g/mol. The second-order valence-corrected chi connectivity index (χ2v) is 10.4. The lowest BCUT2D eigenvalue weighted by Crippen LogP contribution is -1.90. The molecule has 0 saturated heterocycles. The van der Waals surface area contributed by atoms with E-state index in [2.05, 4.69) is 20.8 Å². The zero-order valence-electron chi connectivity index (χ0n) is 17.3. The fourth-order valence-corrected chi connectivity index (χ4v) is 5.17. The fourth-order valence-electron chi connectivity index (χ4n) is 3.42. The SMILES string of the molecule is CCCCCCCCCCCCCCCCCCP(CC)CC.Cl. The Hall–Kier alpha value is 0.720. The monoisotopic (exact) mass is 378 g/mol. The molecule has 0 aliphatic rings. The largest absolute Gasteiger partial charge is 0.147 e. The molecule has 2 heteroatoms. The summed E-state index contributed by atoms with van der Waals surface area (Å²) in [7, 11) is 0.401. The average molecular weight is 379 g/mol. The zero-order valence-corrected chi connectivity index (χ0v) is 19.0. The van der Waals surface area contributed by atoms with Crippen molar-refractivity contribution in [3.05, 3.63) is 0 Å². The Morgan fingerprint density at radius 3 is 1.00 bits per heavy atom. The van der Waals surface area contributed by atoms with Gasteiger partial charge in [0, 0.05) is 0 Å². The third-order valence-electron chi connectivity index (χ3n) is 5.22. The van der Waals surface area contributed by atoms with Crippen LogP contribution in [-0.4, -0.2) is 18.5 Å². The summed E-state index contributed by atoms with van der Waals surface area (Å²) in [5.74, 6) is 0. The van der Waals surface area contributed by atoms with Crippen molar-refractivity contribution in [1.82, 2.24) is 0 Å². The van der Waals surface area contributed by atoms with Gasteiger partial charge in [0.15, 0.2) is 0 Å². The van der Waals surface area contributed by atoms with Crippen molar-refractivity contribution in [2.45, 2.75) is 124 Å². The lowest BCUT2D eigenvalue weighted by Gasteiger charge is -2.12. The molecule has 0 aliphatic heterocycles. The molecule has 0 rings (SSSR count). The molecule has 0 aromatic heterocycles. The molecule has 0 aliphatic carbocycles. The van der Waals surface area contributed by atoms with Crippen molar-refractivity contribution in [3.63, 3.8) is 0 Å². The Balaban J connectivity index is 0. The molecular formula is C22H48ClP. The van der Waals surface area contributed by atoms with Crippen LogP contribution in [0.2, 0.25) is 0 Å². The minimum Gasteiger partial charge on any atom is -0.147 e. The van der Waals surface area contributed by atoms with E-state index in [1.54, 1.807) is 6.16 Å². The molecule has 0 bridgehead atoms. The molecule has 0 spiro atoms. The molecule has 0 fully saturated rings. The molecule has 0 heterocycles. The lowest BCUT2D eigenvalue weighted by atomic mass is 10.0. The summed E-state index contributed by atoms with van der Waals surface area (Å²) in [6, 6.07) is 0. The van der Waals surface area contributed by atoms with Crippen LogP contribution in [0, 0.1) is 0 Å². The average Bonchev–Trinajstić information content (AvgIpc) is 2.58. The summed E-state index contributed by atoms with van der Waals surface area (Å²) >= 11 is 0. The number of unbranched alkanes of at least 4 members (excludes halogenated alkanes) is 15. The molecule has 0 atom stereocenters. The Morgan fingerprint density at radius 2 is 0.708 bits per heavy atom.